The third-order valence-electron chi connectivity index (χ3n) is 5.24. The fraction of sp³-hybridized carbons (Fsp3) is 0.167. The molecule has 0 fully saturated rings. The van der Waals surface area contributed by atoms with Crippen LogP contribution in [0.4, 0.5) is 5.00 Å². The second kappa shape index (κ2) is 8.99. The molecular formula is C24H19N5OS2. The Balaban J connectivity index is 1.34. The van der Waals surface area contributed by atoms with Crippen molar-refractivity contribution in [1.29, 1.82) is 5.26 Å². The molecule has 1 aliphatic rings. The Morgan fingerprint density at radius 2 is 1.88 bits per heavy atom. The highest BCUT2D eigenvalue weighted by Crippen LogP contribution is 2.38. The number of hydrogen-bond donors (Lipinski definition) is 1. The van der Waals surface area contributed by atoms with Crippen molar-refractivity contribution in [3.8, 4) is 23.1 Å². The fourth-order valence-corrected chi connectivity index (χ4v) is 5.66. The second-order valence-electron chi connectivity index (χ2n) is 7.34. The lowest BCUT2D eigenvalue weighted by Gasteiger charge is -2.05. The van der Waals surface area contributed by atoms with Crippen molar-refractivity contribution in [1.82, 2.24) is 14.8 Å². The molecule has 8 heteroatoms. The maximum absolute atomic E-state index is 12.6. The van der Waals surface area contributed by atoms with Crippen molar-refractivity contribution >= 4 is 34.0 Å². The minimum absolute atomic E-state index is 0.163. The average Bonchev–Trinajstić information content (AvgIpc) is 3.53. The minimum Gasteiger partial charge on any atom is -0.316 e. The topological polar surface area (TPSA) is 83.6 Å². The number of nitriles is 1. The van der Waals surface area contributed by atoms with Gasteiger partial charge in [-0.2, -0.15) is 5.26 Å². The number of amides is 1. The van der Waals surface area contributed by atoms with Crippen LogP contribution < -0.4 is 5.32 Å². The highest BCUT2D eigenvalue weighted by Gasteiger charge is 2.23. The van der Waals surface area contributed by atoms with Crippen molar-refractivity contribution in [2.45, 2.75) is 24.4 Å². The molecule has 0 spiro atoms. The van der Waals surface area contributed by atoms with Gasteiger partial charge >= 0.3 is 0 Å². The van der Waals surface area contributed by atoms with Gasteiger partial charge < -0.3 is 5.32 Å². The van der Waals surface area contributed by atoms with E-state index in [4.69, 9.17) is 4.98 Å². The van der Waals surface area contributed by atoms with Crippen LogP contribution >= 0.6 is 23.1 Å². The van der Waals surface area contributed by atoms with E-state index in [9.17, 15) is 10.1 Å². The van der Waals surface area contributed by atoms with Crippen LogP contribution in [0.3, 0.4) is 0 Å². The average molecular weight is 458 g/mol. The summed E-state index contributed by atoms with van der Waals surface area (Å²) < 4.78 is 1.80. The van der Waals surface area contributed by atoms with Crippen LogP contribution in [0.25, 0.3) is 17.1 Å². The Morgan fingerprint density at radius 3 is 2.62 bits per heavy atom. The van der Waals surface area contributed by atoms with Gasteiger partial charge in [-0.1, -0.05) is 60.3 Å². The van der Waals surface area contributed by atoms with Gasteiger partial charge in [0.15, 0.2) is 5.82 Å². The number of fused-ring (bicyclic) bond motifs is 1. The van der Waals surface area contributed by atoms with Gasteiger partial charge in [0.25, 0.3) is 0 Å². The predicted molar refractivity (Wildman–Crippen MR) is 127 cm³/mol. The molecule has 1 N–H and O–H groups in total. The molecule has 158 valence electrons. The van der Waals surface area contributed by atoms with Gasteiger partial charge in [0.05, 0.1) is 17.0 Å². The number of rotatable bonds is 6. The Kier molecular flexibility index (Phi) is 5.75. The van der Waals surface area contributed by atoms with Crippen LogP contribution in [0.5, 0.6) is 0 Å². The Bertz CT molecular complexity index is 1250. The number of anilines is 1. The van der Waals surface area contributed by atoms with E-state index in [1.807, 2.05) is 60.7 Å². The molecule has 32 heavy (non-hydrogen) atoms. The highest BCUT2D eigenvalue weighted by molar-refractivity contribution is 7.99. The Hall–Kier alpha value is -3.41. The number of para-hydroxylation sites is 1. The summed E-state index contributed by atoms with van der Waals surface area (Å²) in [5, 5.41) is 18.3. The molecule has 0 saturated heterocycles. The first kappa shape index (κ1) is 20.5. The van der Waals surface area contributed by atoms with E-state index < -0.39 is 0 Å². The highest BCUT2D eigenvalue weighted by atomic mass is 32.2. The van der Waals surface area contributed by atoms with E-state index in [0.717, 1.165) is 41.9 Å². The molecule has 2 heterocycles. The van der Waals surface area contributed by atoms with Gasteiger partial charge in [-0.3, -0.25) is 4.79 Å². The van der Waals surface area contributed by atoms with Crippen molar-refractivity contribution in [2.75, 3.05) is 11.1 Å². The summed E-state index contributed by atoms with van der Waals surface area (Å²) >= 11 is 2.81. The lowest BCUT2D eigenvalue weighted by Crippen LogP contribution is -2.14. The van der Waals surface area contributed by atoms with E-state index in [2.05, 4.69) is 16.5 Å². The standard InChI is InChI=1S/C24H19N5OS2/c25-14-19-18-12-7-13-20(18)32-23(19)26-21(30)15-31-24-27-22(16-8-3-1-4-9-16)29(28-24)17-10-5-2-6-11-17/h1-6,8-11H,7,12-13,15H2,(H,26,30). The van der Waals surface area contributed by atoms with E-state index in [1.54, 1.807) is 4.68 Å². The van der Waals surface area contributed by atoms with Gasteiger partial charge in [0.1, 0.15) is 11.1 Å². The van der Waals surface area contributed by atoms with Crippen LogP contribution in [0.15, 0.2) is 65.8 Å². The van der Waals surface area contributed by atoms with Crippen molar-refractivity contribution in [3.05, 3.63) is 76.7 Å². The van der Waals surface area contributed by atoms with E-state index in [-0.39, 0.29) is 11.7 Å². The number of nitrogens with zero attached hydrogens (tertiary/aromatic N) is 4. The number of aromatic nitrogens is 3. The van der Waals surface area contributed by atoms with Gasteiger partial charge in [0, 0.05) is 10.4 Å². The number of aryl methyl sites for hydroxylation is 1. The molecule has 6 nitrogen and oxygen atoms in total. The lowest BCUT2D eigenvalue weighted by molar-refractivity contribution is -0.113. The Morgan fingerprint density at radius 1 is 1.12 bits per heavy atom. The third-order valence-corrected chi connectivity index (χ3v) is 7.28. The molecule has 0 atom stereocenters. The monoisotopic (exact) mass is 457 g/mol. The summed E-state index contributed by atoms with van der Waals surface area (Å²) in [6.07, 6.45) is 2.99. The first-order valence-corrected chi connectivity index (χ1v) is 12.1. The summed E-state index contributed by atoms with van der Waals surface area (Å²) in [6.45, 7) is 0. The zero-order valence-electron chi connectivity index (χ0n) is 17.1. The minimum atomic E-state index is -0.163. The molecule has 1 aliphatic carbocycles. The molecule has 0 unspecified atom stereocenters. The summed E-state index contributed by atoms with van der Waals surface area (Å²) in [5.74, 6) is 0.727. The number of thioether (sulfide) groups is 1. The SMILES string of the molecule is N#Cc1c(NC(=O)CSc2nc(-c3ccccc3)n(-c3ccccc3)n2)sc2c1CCC2. The molecule has 4 aromatic rings. The molecule has 0 bridgehead atoms. The van der Waals surface area contributed by atoms with Crippen LogP contribution in [0.2, 0.25) is 0 Å². The van der Waals surface area contributed by atoms with Crippen LogP contribution in [-0.4, -0.2) is 26.4 Å². The smallest absolute Gasteiger partial charge is 0.235 e. The lowest BCUT2D eigenvalue weighted by atomic mass is 10.1. The number of benzene rings is 2. The molecule has 0 aliphatic heterocycles. The number of nitrogens with one attached hydrogen (secondary N) is 1. The van der Waals surface area contributed by atoms with Crippen LogP contribution in [0.1, 0.15) is 22.4 Å². The van der Waals surface area contributed by atoms with E-state index >= 15 is 0 Å². The zero-order valence-corrected chi connectivity index (χ0v) is 18.7. The molecule has 5 rings (SSSR count). The third kappa shape index (κ3) is 4.05. The first-order chi connectivity index (χ1) is 15.7. The van der Waals surface area contributed by atoms with Crippen LogP contribution in [-0.2, 0) is 17.6 Å². The molecular weight excluding hydrogens is 438 g/mol. The molecule has 2 aromatic heterocycles. The second-order valence-corrected chi connectivity index (χ2v) is 9.39. The van der Waals surface area contributed by atoms with Gasteiger partial charge in [0.2, 0.25) is 11.1 Å². The molecule has 0 saturated carbocycles. The summed E-state index contributed by atoms with van der Waals surface area (Å²) in [5.41, 5.74) is 3.59. The summed E-state index contributed by atoms with van der Waals surface area (Å²) in [6, 6.07) is 21.9. The van der Waals surface area contributed by atoms with Crippen molar-refractivity contribution in [3.63, 3.8) is 0 Å². The van der Waals surface area contributed by atoms with E-state index in [1.165, 1.54) is 28.0 Å². The van der Waals surface area contributed by atoms with Gasteiger partial charge in [-0.25, -0.2) is 9.67 Å². The number of carbonyl (C=O) groups excluding carboxylic acids is 1. The van der Waals surface area contributed by atoms with Crippen molar-refractivity contribution in [2.24, 2.45) is 0 Å². The van der Waals surface area contributed by atoms with E-state index in [0.29, 0.717) is 15.7 Å². The maximum Gasteiger partial charge on any atom is 0.235 e. The Labute approximate surface area is 193 Å². The normalized spacial score (nSPS) is 12.3. The number of thiophene rings is 1. The zero-order chi connectivity index (χ0) is 21.9. The largest absolute Gasteiger partial charge is 0.316 e. The van der Waals surface area contributed by atoms with Gasteiger partial charge in [-0.05, 0) is 37.0 Å². The first-order valence-electron chi connectivity index (χ1n) is 10.3. The molecule has 0 radical (unpaired) electrons. The maximum atomic E-state index is 12.6. The number of carbonyl (C=O) groups is 1. The van der Waals surface area contributed by atoms with Crippen LogP contribution in [0, 0.1) is 11.3 Å². The van der Waals surface area contributed by atoms with Gasteiger partial charge in [-0.15, -0.1) is 16.4 Å². The summed E-state index contributed by atoms with van der Waals surface area (Å²) in [4.78, 5) is 18.5. The van der Waals surface area contributed by atoms with Crippen molar-refractivity contribution < 1.29 is 4.79 Å². The fourth-order valence-electron chi connectivity index (χ4n) is 3.78. The summed E-state index contributed by atoms with van der Waals surface area (Å²) in [7, 11) is 0. The quantitative estimate of drug-likeness (QED) is 0.408. The number of hydrogen-bond acceptors (Lipinski definition) is 6. The predicted octanol–water partition coefficient (Wildman–Crippen LogP) is 5.09. The molecule has 1 amide bonds. The molecule has 2 aromatic carbocycles.